The Morgan fingerprint density at radius 3 is 2.13 bits per heavy atom. The molecular weight excluding hydrogens is 402 g/mol. The first-order valence-electron chi connectivity index (χ1n) is 9.30. The largest absolute Gasteiger partial charge is 0.497 e. The minimum Gasteiger partial charge on any atom is -0.497 e. The summed E-state index contributed by atoms with van der Waals surface area (Å²) >= 11 is 0. The summed E-state index contributed by atoms with van der Waals surface area (Å²) in [6.45, 7) is 1.88. The van der Waals surface area contributed by atoms with Crippen LogP contribution in [0.3, 0.4) is 0 Å². The summed E-state index contributed by atoms with van der Waals surface area (Å²) in [6.07, 6.45) is 0. The van der Waals surface area contributed by atoms with Crippen molar-refractivity contribution in [2.24, 2.45) is 0 Å². The van der Waals surface area contributed by atoms with Crippen molar-refractivity contribution in [2.75, 3.05) is 28.4 Å². The summed E-state index contributed by atoms with van der Waals surface area (Å²) in [6, 6.07) is 11.0. The van der Waals surface area contributed by atoms with E-state index in [0.29, 0.717) is 34.3 Å². The summed E-state index contributed by atoms with van der Waals surface area (Å²) in [4.78, 5) is 4.49. The van der Waals surface area contributed by atoms with Gasteiger partial charge in [-0.25, -0.2) is 4.68 Å². The van der Waals surface area contributed by atoms with Crippen LogP contribution in [0, 0.1) is 6.92 Å². The van der Waals surface area contributed by atoms with E-state index in [1.54, 1.807) is 45.3 Å². The minimum absolute atomic E-state index is 0.251. The van der Waals surface area contributed by atoms with Gasteiger partial charge in [0.1, 0.15) is 5.75 Å². The molecular formula is C21H21N5O5. The van der Waals surface area contributed by atoms with E-state index in [9.17, 15) is 0 Å². The highest BCUT2D eigenvalue weighted by atomic mass is 16.5. The molecule has 31 heavy (non-hydrogen) atoms. The highest BCUT2D eigenvalue weighted by Crippen LogP contribution is 2.40. The molecule has 160 valence electrons. The van der Waals surface area contributed by atoms with E-state index in [0.717, 1.165) is 17.1 Å². The van der Waals surface area contributed by atoms with Crippen LogP contribution in [0.5, 0.6) is 23.0 Å². The molecule has 0 saturated heterocycles. The standard InChI is InChI=1S/C21H21N5O5/c1-12-18(23-25-26(12)14-6-8-15(27-2)9-7-14)21-22-20(24-31-21)13-10-16(28-3)19(30-5)17(11-13)29-4/h6-11H,1-5H3. The molecule has 2 aromatic carbocycles. The van der Waals surface area contributed by atoms with Crippen molar-refractivity contribution in [3.05, 3.63) is 42.1 Å². The molecule has 0 radical (unpaired) electrons. The zero-order valence-corrected chi connectivity index (χ0v) is 17.7. The van der Waals surface area contributed by atoms with Crippen molar-refractivity contribution in [1.82, 2.24) is 25.1 Å². The van der Waals surface area contributed by atoms with Gasteiger partial charge in [0.15, 0.2) is 17.2 Å². The summed E-state index contributed by atoms with van der Waals surface area (Å²) in [5.74, 6) is 2.83. The van der Waals surface area contributed by atoms with Gasteiger partial charge < -0.3 is 23.5 Å². The Morgan fingerprint density at radius 1 is 0.871 bits per heavy atom. The molecule has 0 spiro atoms. The van der Waals surface area contributed by atoms with Crippen molar-refractivity contribution in [2.45, 2.75) is 6.92 Å². The summed E-state index contributed by atoms with van der Waals surface area (Å²) in [5.41, 5.74) is 2.72. The van der Waals surface area contributed by atoms with Gasteiger partial charge in [-0.1, -0.05) is 10.4 Å². The molecule has 0 unspecified atom stereocenters. The average Bonchev–Trinajstić information content (AvgIpc) is 3.44. The highest BCUT2D eigenvalue weighted by molar-refractivity contribution is 5.67. The molecule has 0 aliphatic heterocycles. The lowest BCUT2D eigenvalue weighted by Gasteiger charge is -2.12. The van der Waals surface area contributed by atoms with Gasteiger partial charge >= 0.3 is 0 Å². The maximum absolute atomic E-state index is 5.47. The quantitative estimate of drug-likeness (QED) is 0.442. The second kappa shape index (κ2) is 8.34. The van der Waals surface area contributed by atoms with E-state index in [1.807, 2.05) is 31.2 Å². The molecule has 0 N–H and O–H groups in total. The van der Waals surface area contributed by atoms with Crippen LogP contribution in [0.25, 0.3) is 28.7 Å². The minimum atomic E-state index is 0.251. The van der Waals surface area contributed by atoms with Crippen LogP contribution in [0.4, 0.5) is 0 Å². The van der Waals surface area contributed by atoms with E-state index in [2.05, 4.69) is 20.5 Å². The van der Waals surface area contributed by atoms with Crippen molar-refractivity contribution in [1.29, 1.82) is 0 Å². The van der Waals surface area contributed by atoms with Gasteiger partial charge in [0, 0.05) is 5.56 Å². The molecule has 10 nitrogen and oxygen atoms in total. The number of hydrogen-bond acceptors (Lipinski definition) is 9. The number of methoxy groups -OCH3 is 4. The van der Waals surface area contributed by atoms with Crippen LogP contribution >= 0.6 is 0 Å². The molecule has 0 aliphatic rings. The van der Waals surface area contributed by atoms with Gasteiger partial charge in [-0.2, -0.15) is 4.98 Å². The topological polar surface area (TPSA) is 107 Å². The molecule has 0 amide bonds. The Bertz CT molecular complexity index is 1170. The molecule has 0 saturated carbocycles. The smallest absolute Gasteiger partial charge is 0.280 e. The van der Waals surface area contributed by atoms with Crippen LogP contribution in [-0.2, 0) is 0 Å². The predicted octanol–water partition coefficient (Wildman–Crippen LogP) is 3.33. The molecule has 4 rings (SSSR count). The predicted molar refractivity (Wildman–Crippen MR) is 111 cm³/mol. The molecule has 0 atom stereocenters. The lowest BCUT2D eigenvalue weighted by Crippen LogP contribution is -1.99. The fourth-order valence-corrected chi connectivity index (χ4v) is 3.14. The third-order valence-electron chi connectivity index (χ3n) is 4.76. The summed E-state index contributed by atoms with van der Waals surface area (Å²) < 4.78 is 28.5. The Labute approximate surface area is 178 Å². The molecule has 2 heterocycles. The van der Waals surface area contributed by atoms with Crippen LogP contribution in [0.2, 0.25) is 0 Å². The lowest BCUT2D eigenvalue weighted by atomic mass is 10.1. The van der Waals surface area contributed by atoms with Crippen LogP contribution in [-0.4, -0.2) is 53.6 Å². The van der Waals surface area contributed by atoms with E-state index < -0.39 is 0 Å². The average molecular weight is 423 g/mol. The zero-order valence-electron chi connectivity index (χ0n) is 17.7. The first-order chi connectivity index (χ1) is 15.1. The summed E-state index contributed by atoms with van der Waals surface area (Å²) in [5, 5.41) is 12.5. The van der Waals surface area contributed by atoms with E-state index in [-0.39, 0.29) is 5.89 Å². The van der Waals surface area contributed by atoms with Crippen molar-refractivity contribution >= 4 is 0 Å². The monoisotopic (exact) mass is 423 g/mol. The molecule has 0 fully saturated rings. The van der Waals surface area contributed by atoms with E-state index >= 15 is 0 Å². The van der Waals surface area contributed by atoms with Gasteiger partial charge in [-0.05, 0) is 43.3 Å². The number of ether oxygens (including phenoxy) is 4. The van der Waals surface area contributed by atoms with Gasteiger partial charge in [-0.15, -0.1) is 5.10 Å². The van der Waals surface area contributed by atoms with Crippen molar-refractivity contribution in [3.63, 3.8) is 0 Å². The third-order valence-corrected chi connectivity index (χ3v) is 4.76. The Kier molecular flexibility index (Phi) is 5.44. The van der Waals surface area contributed by atoms with Crippen LogP contribution < -0.4 is 18.9 Å². The Balaban J connectivity index is 1.69. The van der Waals surface area contributed by atoms with Gasteiger partial charge in [0.05, 0.1) is 39.8 Å². The highest BCUT2D eigenvalue weighted by Gasteiger charge is 2.21. The van der Waals surface area contributed by atoms with Crippen LogP contribution in [0.1, 0.15) is 5.69 Å². The Hall–Kier alpha value is -4.08. The second-order valence-corrected chi connectivity index (χ2v) is 6.47. The molecule has 0 bridgehead atoms. The first kappa shape index (κ1) is 20.2. The number of benzene rings is 2. The second-order valence-electron chi connectivity index (χ2n) is 6.47. The van der Waals surface area contributed by atoms with Gasteiger partial charge in [0.25, 0.3) is 5.89 Å². The third kappa shape index (κ3) is 3.63. The molecule has 0 aliphatic carbocycles. The van der Waals surface area contributed by atoms with Gasteiger partial charge in [0.2, 0.25) is 11.6 Å². The fourth-order valence-electron chi connectivity index (χ4n) is 3.14. The lowest BCUT2D eigenvalue weighted by molar-refractivity contribution is 0.324. The maximum Gasteiger partial charge on any atom is 0.280 e. The van der Waals surface area contributed by atoms with Crippen molar-refractivity contribution in [3.8, 4) is 51.7 Å². The number of nitrogens with zero attached hydrogens (tertiary/aromatic N) is 5. The molecule has 2 aromatic heterocycles. The Morgan fingerprint density at radius 2 is 1.55 bits per heavy atom. The molecule has 10 heteroatoms. The van der Waals surface area contributed by atoms with Crippen LogP contribution in [0.15, 0.2) is 40.9 Å². The maximum atomic E-state index is 5.47. The number of rotatable bonds is 7. The first-order valence-corrected chi connectivity index (χ1v) is 9.30. The van der Waals surface area contributed by atoms with E-state index in [4.69, 9.17) is 23.5 Å². The zero-order chi connectivity index (χ0) is 22.0. The normalized spacial score (nSPS) is 10.7. The SMILES string of the molecule is COc1ccc(-n2nnc(-c3nc(-c4cc(OC)c(OC)c(OC)c4)no3)c2C)cc1. The molecule has 4 aromatic rings. The van der Waals surface area contributed by atoms with Gasteiger partial charge in [-0.3, -0.25) is 0 Å². The summed E-state index contributed by atoms with van der Waals surface area (Å²) in [7, 11) is 6.25. The van der Waals surface area contributed by atoms with E-state index in [1.165, 1.54) is 0 Å². The fraction of sp³-hybridized carbons (Fsp3) is 0.238. The number of aromatic nitrogens is 5. The number of hydrogen-bond donors (Lipinski definition) is 0. The van der Waals surface area contributed by atoms with Crippen molar-refractivity contribution < 1.29 is 23.5 Å².